The lowest BCUT2D eigenvalue weighted by Gasteiger charge is -2.25. The van der Waals surface area contributed by atoms with Gasteiger partial charge in [0.1, 0.15) is 11.8 Å². The lowest BCUT2D eigenvalue weighted by molar-refractivity contribution is -0.144. The molecule has 0 spiro atoms. The highest BCUT2D eigenvalue weighted by molar-refractivity contribution is 6.07. The second kappa shape index (κ2) is 4.56. The maximum absolute atomic E-state index is 12.8. The number of allylic oxidation sites excluding steroid dienone is 2. The first-order chi connectivity index (χ1) is 10.6. The maximum atomic E-state index is 12.8. The number of carbonyl (C=O) groups excluding carboxylic acids is 3. The molecule has 3 aliphatic rings. The van der Waals surface area contributed by atoms with Crippen molar-refractivity contribution in [2.75, 3.05) is 0 Å². The Hall–Kier alpha value is -2.37. The number of furan rings is 1. The molecule has 0 radical (unpaired) electrons. The molecule has 2 aliphatic carbocycles. The van der Waals surface area contributed by atoms with Gasteiger partial charge in [0.15, 0.2) is 0 Å². The lowest BCUT2D eigenvalue weighted by atomic mass is 9.85. The molecule has 5 unspecified atom stereocenters. The number of carbonyl (C=O) groups is 3. The second-order valence-electron chi connectivity index (χ2n) is 6.25. The van der Waals surface area contributed by atoms with Gasteiger partial charge in [0.2, 0.25) is 17.7 Å². The number of rotatable bonds is 4. The third kappa shape index (κ3) is 1.70. The van der Waals surface area contributed by atoms with Gasteiger partial charge < -0.3 is 10.2 Å². The molecular formula is C16H16N2O4. The fraction of sp³-hybridized carbons (Fsp3) is 0.438. The summed E-state index contributed by atoms with van der Waals surface area (Å²) in [5.74, 6) is -0.838. The Kier molecular flexibility index (Phi) is 2.76. The summed E-state index contributed by atoms with van der Waals surface area (Å²) in [6, 6.07) is 2.59. The van der Waals surface area contributed by atoms with Gasteiger partial charge in [-0.15, -0.1) is 0 Å². The highest BCUT2D eigenvalue weighted by Gasteiger charge is 2.60. The van der Waals surface area contributed by atoms with E-state index in [1.807, 2.05) is 12.2 Å². The van der Waals surface area contributed by atoms with Crippen molar-refractivity contribution in [3.8, 4) is 0 Å². The molecule has 2 bridgehead atoms. The van der Waals surface area contributed by atoms with E-state index < -0.39 is 11.9 Å². The standard InChI is InChI=1S/C16H16N2O4/c17-12(19)7-10(11-2-1-5-22-11)18-15(20)13-8-3-4-9(6-8)14(13)16(18)21/h1-5,8-10,13-14H,6-7H2,(H2,17,19). The van der Waals surface area contributed by atoms with Crippen molar-refractivity contribution in [1.82, 2.24) is 4.90 Å². The summed E-state index contributed by atoms with van der Waals surface area (Å²) in [6.07, 6.45) is 6.29. The van der Waals surface area contributed by atoms with Crippen LogP contribution in [0.3, 0.4) is 0 Å². The van der Waals surface area contributed by atoms with E-state index in [-0.39, 0.29) is 41.9 Å². The fourth-order valence-electron chi connectivity index (χ4n) is 4.22. The molecule has 4 rings (SSSR count). The van der Waals surface area contributed by atoms with Crippen LogP contribution in [0.5, 0.6) is 0 Å². The monoisotopic (exact) mass is 300 g/mol. The Labute approximate surface area is 126 Å². The number of primary amides is 1. The van der Waals surface area contributed by atoms with E-state index in [4.69, 9.17) is 10.2 Å². The van der Waals surface area contributed by atoms with Gasteiger partial charge in [-0.2, -0.15) is 0 Å². The Morgan fingerprint density at radius 2 is 1.91 bits per heavy atom. The van der Waals surface area contributed by atoms with Gasteiger partial charge in [-0.1, -0.05) is 12.2 Å². The number of hydrogen-bond acceptors (Lipinski definition) is 4. The van der Waals surface area contributed by atoms with Crippen LogP contribution in [0, 0.1) is 23.7 Å². The number of fused-ring (bicyclic) bond motifs is 5. The number of imide groups is 1. The summed E-state index contributed by atoms with van der Waals surface area (Å²) in [4.78, 5) is 38.2. The van der Waals surface area contributed by atoms with Crippen molar-refractivity contribution in [1.29, 1.82) is 0 Å². The lowest BCUT2D eigenvalue weighted by Crippen LogP contribution is -2.38. The van der Waals surface area contributed by atoms with E-state index in [0.29, 0.717) is 5.76 Å². The number of nitrogens with two attached hydrogens (primary N) is 1. The van der Waals surface area contributed by atoms with Crippen LogP contribution in [0.15, 0.2) is 35.0 Å². The first kappa shape index (κ1) is 13.3. The molecule has 1 aliphatic heterocycles. The van der Waals surface area contributed by atoms with Crippen LogP contribution in [-0.2, 0) is 14.4 Å². The van der Waals surface area contributed by atoms with Crippen molar-refractivity contribution >= 4 is 17.7 Å². The quantitative estimate of drug-likeness (QED) is 0.663. The van der Waals surface area contributed by atoms with Gasteiger partial charge in [0.25, 0.3) is 0 Å². The second-order valence-corrected chi connectivity index (χ2v) is 6.25. The third-order valence-electron chi connectivity index (χ3n) is 5.08. The molecule has 114 valence electrons. The van der Waals surface area contributed by atoms with Crippen LogP contribution in [0.4, 0.5) is 0 Å². The topological polar surface area (TPSA) is 93.6 Å². The highest BCUT2D eigenvalue weighted by Crippen LogP contribution is 2.54. The Morgan fingerprint density at radius 3 is 2.41 bits per heavy atom. The maximum Gasteiger partial charge on any atom is 0.234 e. The van der Waals surface area contributed by atoms with Gasteiger partial charge in [0, 0.05) is 0 Å². The van der Waals surface area contributed by atoms with Crippen LogP contribution in [-0.4, -0.2) is 22.6 Å². The van der Waals surface area contributed by atoms with Crippen LogP contribution in [0.2, 0.25) is 0 Å². The Bertz CT molecular complexity index is 648. The molecule has 6 heteroatoms. The van der Waals surface area contributed by atoms with Crippen molar-refractivity contribution < 1.29 is 18.8 Å². The van der Waals surface area contributed by atoms with Crippen molar-refractivity contribution in [2.45, 2.75) is 18.9 Å². The highest BCUT2D eigenvalue weighted by atomic mass is 16.3. The third-order valence-corrected chi connectivity index (χ3v) is 5.08. The molecule has 1 aromatic rings. The van der Waals surface area contributed by atoms with Gasteiger partial charge in [-0.3, -0.25) is 19.3 Å². The van der Waals surface area contributed by atoms with Crippen LogP contribution in [0.25, 0.3) is 0 Å². The van der Waals surface area contributed by atoms with Gasteiger partial charge >= 0.3 is 0 Å². The minimum absolute atomic E-state index is 0.118. The zero-order valence-corrected chi connectivity index (χ0v) is 11.8. The number of amides is 3. The van der Waals surface area contributed by atoms with Crippen molar-refractivity contribution in [2.24, 2.45) is 29.4 Å². The number of nitrogens with zero attached hydrogens (tertiary/aromatic N) is 1. The molecule has 0 aromatic carbocycles. The smallest absolute Gasteiger partial charge is 0.234 e. The molecule has 3 amide bonds. The largest absolute Gasteiger partial charge is 0.467 e. The van der Waals surface area contributed by atoms with E-state index in [2.05, 4.69) is 0 Å². The molecule has 2 fully saturated rings. The summed E-state index contributed by atoms with van der Waals surface area (Å²) in [5.41, 5.74) is 5.30. The normalized spacial score (nSPS) is 33.5. The van der Waals surface area contributed by atoms with Crippen molar-refractivity contribution in [3.05, 3.63) is 36.3 Å². The average Bonchev–Trinajstić information content (AvgIpc) is 3.22. The SMILES string of the molecule is NC(=O)CC(c1ccco1)N1C(=O)C2C3C=CC(C3)C2C1=O. The zero-order valence-electron chi connectivity index (χ0n) is 11.8. The summed E-state index contributed by atoms with van der Waals surface area (Å²) in [6.45, 7) is 0. The fourth-order valence-corrected chi connectivity index (χ4v) is 4.22. The molecular weight excluding hydrogens is 284 g/mol. The van der Waals surface area contributed by atoms with Crippen LogP contribution < -0.4 is 5.73 Å². The predicted molar refractivity (Wildman–Crippen MR) is 74.8 cm³/mol. The molecule has 2 heterocycles. The molecule has 5 atom stereocenters. The first-order valence-electron chi connectivity index (χ1n) is 7.45. The summed E-state index contributed by atoms with van der Waals surface area (Å²) >= 11 is 0. The van der Waals surface area contributed by atoms with Gasteiger partial charge in [-0.25, -0.2) is 0 Å². The van der Waals surface area contributed by atoms with E-state index in [1.165, 1.54) is 11.2 Å². The molecule has 1 saturated carbocycles. The Morgan fingerprint density at radius 1 is 1.27 bits per heavy atom. The molecule has 22 heavy (non-hydrogen) atoms. The van der Waals surface area contributed by atoms with E-state index in [0.717, 1.165) is 6.42 Å². The minimum Gasteiger partial charge on any atom is -0.467 e. The van der Waals surface area contributed by atoms with Crippen LogP contribution in [0.1, 0.15) is 24.6 Å². The number of hydrogen-bond donors (Lipinski definition) is 1. The van der Waals surface area contributed by atoms with Gasteiger partial charge in [0.05, 0.1) is 24.5 Å². The first-order valence-corrected chi connectivity index (χ1v) is 7.45. The molecule has 1 saturated heterocycles. The van der Waals surface area contributed by atoms with E-state index in [1.54, 1.807) is 12.1 Å². The molecule has 1 aromatic heterocycles. The molecule has 2 N–H and O–H groups in total. The molecule has 6 nitrogen and oxygen atoms in total. The van der Waals surface area contributed by atoms with Gasteiger partial charge in [-0.05, 0) is 30.4 Å². The van der Waals surface area contributed by atoms with E-state index >= 15 is 0 Å². The summed E-state index contributed by atoms with van der Waals surface area (Å²) in [7, 11) is 0. The number of likely N-dealkylation sites (tertiary alicyclic amines) is 1. The summed E-state index contributed by atoms with van der Waals surface area (Å²) < 4.78 is 5.33. The van der Waals surface area contributed by atoms with E-state index in [9.17, 15) is 14.4 Å². The minimum atomic E-state index is -0.738. The van der Waals surface area contributed by atoms with Crippen molar-refractivity contribution in [3.63, 3.8) is 0 Å². The summed E-state index contributed by atoms with van der Waals surface area (Å²) in [5, 5.41) is 0. The average molecular weight is 300 g/mol. The predicted octanol–water partition coefficient (Wildman–Crippen LogP) is 1.00. The Balaban J connectivity index is 1.70. The van der Waals surface area contributed by atoms with Crippen LogP contribution >= 0.6 is 0 Å². The zero-order chi connectivity index (χ0) is 15.4.